The third-order valence-electron chi connectivity index (χ3n) is 4.56. The smallest absolute Gasteiger partial charge is 0.306 e. The zero-order chi connectivity index (χ0) is 17.8. The molecule has 0 spiro atoms. The number of carbonyl (C=O) groups excluding carboxylic acids is 1. The molecule has 1 aliphatic heterocycles. The van der Waals surface area contributed by atoms with Crippen molar-refractivity contribution in [3.63, 3.8) is 0 Å². The lowest BCUT2D eigenvalue weighted by Crippen LogP contribution is -2.40. The number of fused-ring (bicyclic) bond motifs is 1. The summed E-state index contributed by atoms with van der Waals surface area (Å²) in [5, 5.41) is 13.2. The van der Waals surface area contributed by atoms with E-state index in [1.807, 2.05) is 0 Å². The van der Waals surface area contributed by atoms with E-state index < -0.39 is 5.97 Å². The highest BCUT2D eigenvalue weighted by molar-refractivity contribution is 7.18. The van der Waals surface area contributed by atoms with Crippen LogP contribution in [0.4, 0.5) is 5.82 Å². The van der Waals surface area contributed by atoms with Gasteiger partial charge in [0.2, 0.25) is 5.91 Å². The van der Waals surface area contributed by atoms with Crippen LogP contribution >= 0.6 is 11.3 Å². The molecule has 1 saturated heterocycles. The number of carbonyl (C=O) groups is 2. The predicted molar refractivity (Wildman–Crippen MR) is 96.8 cm³/mol. The lowest BCUT2D eigenvalue weighted by molar-refractivity contribution is -0.145. The molecule has 1 fully saturated rings. The number of nitrogens with zero attached hydrogens (tertiary/aromatic N) is 3. The van der Waals surface area contributed by atoms with Crippen molar-refractivity contribution in [1.29, 1.82) is 0 Å². The molecule has 0 saturated carbocycles. The van der Waals surface area contributed by atoms with Crippen LogP contribution in [0.15, 0.2) is 12.4 Å². The van der Waals surface area contributed by atoms with Crippen LogP contribution < -0.4 is 5.32 Å². The molecule has 2 aromatic heterocycles. The van der Waals surface area contributed by atoms with Gasteiger partial charge in [-0.15, -0.1) is 11.3 Å². The normalized spacial score (nSPS) is 15.5. The van der Waals surface area contributed by atoms with Crippen molar-refractivity contribution in [3.8, 4) is 0 Å². The summed E-state index contributed by atoms with van der Waals surface area (Å²) in [5.74, 6) is -0.258. The van der Waals surface area contributed by atoms with Gasteiger partial charge in [-0.1, -0.05) is 6.92 Å². The molecule has 0 unspecified atom stereocenters. The minimum Gasteiger partial charge on any atom is -0.481 e. The second-order valence-corrected chi connectivity index (χ2v) is 7.29. The number of piperidine rings is 1. The van der Waals surface area contributed by atoms with Crippen LogP contribution in [0.25, 0.3) is 10.2 Å². The summed E-state index contributed by atoms with van der Waals surface area (Å²) < 4.78 is 0. The molecule has 2 N–H and O–H groups in total. The predicted octanol–water partition coefficient (Wildman–Crippen LogP) is 2.38. The van der Waals surface area contributed by atoms with Crippen LogP contribution in [0.2, 0.25) is 0 Å². The van der Waals surface area contributed by atoms with Crippen LogP contribution in [-0.4, -0.2) is 51.5 Å². The zero-order valence-corrected chi connectivity index (χ0v) is 15.0. The number of aliphatic carboxylic acids is 1. The van der Waals surface area contributed by atoms with Crippen LogP contribution in [0, 0.1) is 5.92 Å². The molecule has 1 aliphatic rings. The van der Waals surface area contributed by atoms with E-state index in [1.165, 1.54) is 4.88 Å². The minimum absolute atomic E-state index is 0.0567. The summed E-state index contributed by atoms with van der Waals surface area (Å²) in [6.07, 6.45) is 3.95. The molecule has 0 atom stereocenters. The Bertz CT molecular complexity index is 768. The summed E-state index contributed by atoms with van der Waals surface area (Å²) >= 11 is 1.66. The Labute approximate surface area is 150 Å². The van der Waals surface area contributed by atoms with Gasteiger partial charge < -0.3 is 15.3 Å². The number of nitrogens with one attached hydrogen (secondary N) is 1. The van der Waals surface area contributed by atoms with Gasteiger partial charge in [-0.05, 0) is 25.3 Å². The Morgan fingerprint density at radius 3 is 2.80 bits per heavy atom. The summed E-state index contributed by atoms with van der Waals surface area (Å²) in [7, 11) is 0. The molecule has 1 amide bonds. The van der Waals surface area contributed by atoms with E-state index in [0.717, 1.165) is 22.5 Å². The number of rotatable bonds is 6. The molecule has 3 heterocycles. The van der Waals surface area contributed by atoms with Crippen molar-refractivity contribution in [2.75, 3.05) is 25.0 Å². The average molecular weight is 362 g/mol. The van der Waals surface area contributed by atoms with Gasteiger partial charge in [-0.25, -0.2) is 9.97 Å². The molecular weight excluding hydrogens is 340 g/mol. The van der Waals surface area contributed by atoms with E-state index in [0.29, 0.717) is 38.9 Å². The van der Waals surface area contributed by atoms with Crippen molar-refractivity contribution in [2.45, 2.75) is 32.6 Å². The topological polar surface area (TPSA) is 95.4 Å². The summed E-state index contributed by atoms with van der Waals surface area (Å²) in [6.45, 7) is 3.66. The number of hydrogen-bond acceptors (Lipinski definition) is 6. The highest BCUT2D eigenvalue weighted by Gasteiger charge is 2.26. The van der Waals surface area contributed by atoms with Crippen molar-refractivity contribution in [1.82, 2.24) is 14.9 Å². The number of carboxylic acid groups (broad SMARTS) is 1. The molecule has 25 heavy (non-hydrogen) atoms. The molecule has 0 radical (unpaired) electrons. The van der Waals surface area contributed by atoms with E-state index in [9.17, 15) is 9.59 Å². The fourth-order valence-corrected chi connectivity index (χ4v) is 3.98. The Morgan fingerprint density at radius 1 is 1.36 bits per heavy atom. The molecule has 0 aliphatic carbocycles. The van der Waals surface area contributed by atoms with Gasteiger partial charge >= 0.3 is 5.97 Å². The fourth-order valence-electron chi connectivity index (χ4n) is 3.04. The molecule has 134 valence electrons. The van der Waals surface area contributed by atoms with Crippen LogP contribution in [-0.2, 0) is 16.0 Å². The number of aromatic nitrogens is 2. The van der Waals surface area contributed by atoms with E-state index in [2.05, 4.69) is 28.3 Å². The van der Waals surface area contributed by atoms with E-state index in [-0.39, 0.29) is 11.8 Å². The van der Waals surface area contributed by atoms with Gasteiger partial charge in [0, 0.05) is 30.9 Å². The molecule has 0 bridgehead atoms. The first-order valence-corrected chi connectivity index (χ1v) is 9.38. The molecule has 0 aromatic carbocycles. The lowest BCUT2D eigenvalue weighted by atomic mass is 9.97. The highest BCUT2D eigenvalue weighted by Crippen LogP contribution is 2.28. The number of hydrogen-bond donors (Lipinski definition) is 2. The van der Waals surface area contributed by atoms with Crippen molar-refractivity contribution in [2.24, 2.45) is 5.92 Å². The van der Waals surface area contributed by atoms with Gasteiger partial charge in [-0.3, -0.25) is 9.59 Å². The number of carboxylic acids is 1. The number of aryl methyl sites for hydroxylation is 1. The standard InChI is InChI=1S/C17H22N4O3S/c1-2-12-9-13-15(19-10-20-16(13)25-12)18-6-3-14(22)21-7-4-11(5-8-21)17(23)24/h9-11H,2-8H2,1H3,(H,23,24)(H,18,19,20). The fraction of sp³-hybridized carbons (Fsp3) is 0.529. The maximum atomic E-state index is 12.3. The van der Waals surface area contributed by atoms with Crippen LogP contribution in [0.1, 0.15) is 31.1 Å². The third-order valence-corrected chi connectivity index (χ3v) is 5.74. The lowest BCUT2D eigenvalue weighted by Gasteiger charge is -2.30. The van der Waals surface area contributed by atoms with Gasteiger partial charge in [0.25, 0.3) is 0 Å². The summed E-state index contributed by atoms with van der Waals surface area (Å²) in [5.41, 5.74) is 0. The summed E-state index contributed by atoms with van der Waals surface area (Å²) in [4.78, 5) is 35.8. The first kappa shape index (κ1) is 17.6. The highest BCUT2D eigenvalue weighted by atomic mass is 32.1. The quantitative estimate of drug-likeness (QED) is 0.819. The van der Waals surface area contributed by atoms with Gasteiger partial charge in [-0.2, -0.15) is 0 Å². The second kappa shape index (κ2) is 7.77. The maximum Gasteiger partial charge on any atom is 0.306 e. The van der Waals surface area contributed by atoms with Crippen LogP contribution in [0.3, 0.4) is 0 Å². The SMILES string of the molecule is CCc1cc2c(NCCC(=O)N3CCC(C(=O)O)CC3)ncnc2s1. The molecular formula is C17H22N4O3S. The van der Waals surface area contributed by atoms with Gasteiger partial charge in [0.15, 0.2) is 0 Å². The molecule has 8 heteroatoms. The zero-order valence-electron chi connectivity index (χ0n) is 14.2. The molecule has 7 nitrogen and oxygen atoms in total. The van der Waals surface area contributed by atoms with E-state index >= 15 is 0 Å². The van der Waals surface area contributed by atoms with Crippen molar-refractivity contribution < 1.29 is 14.7 Å². The van der Waals surface area contributed by atoms with Crippen LogP contribution in [0.5, 0.6) is 0 Å². The van der Waals surface area contributed by atoms with Gasteiger partial charge in [0.05, 0.1) is 11.3 Å². The maximum absolute atomic E-state index is 12.3. The minimum atomic E-state index is -0.760. The number of amides is 1. The Kier molecular flexibility index (Phi) is 5.47. The Morgan fingerprint density at radius 2 is 2.12 bits per heavy atom. The van der Waals surface area contributed by atoms with E-state index in [4.69, 9.17) is 5.11 Å². The Balaban J connectivity index is 1.52. The monoisotopic (exact) mass is 362 g/mol. The second-order valence-electron chi connectivity index (χ2n) is 6.18. The first-order valence-electron chi connectivity index (χ1n) is 8.56. The molecule has 2 aromatic rings. The summed E-state index contributed by atoms with van der Waals surface area (Å²) in [6, 6.07) is 2.10. The largest absolute Gasteiger partial charge is 0.481 e. The number of likely N-dealkylation sites (tertiary alicyclic amines) is 1. The Hall–Kier alpha value is -2.22. The third kappa shape index (κ3) is 4.07. The van der Waals surface area contributed by atoms with E-state index in [1.54, 1.807) is 22.6 Å². The average Bonchev–Trinajstić information content (AvgIpc) is 3.06. The van der Waals surface area contributed by atoms with Crippen molar-refractivity contribution >= 4 is 39.2 Å². The first-order chi connectivity index (χ1) is 12.1. The number of thiophene rings is 1. The molecule has 3 rings (SSSR count). The van der Waals surface area contributed by atoms with Crippen molar-refractivity contribution in [3.05, 3.63) is 17.3 Å². The number of anilines is 1. The van der Waals surface area contributed by atoms with Gasteiger partial charge in [0.1, 0.15) is 17.0 Å².